The van der Waals surface area contributed by atoms with Crippen molar-refractivity contribution in [3.63, 3.8) is 0 Å². The molecular weight excluding hydrogens is 336 g/mol. The van der Waals surface area contributed by atoms with Crippen LogP contribution in [0.15, 0.2) is 36.4 Å². The zero-order chi connectivity index (χ0) is 17.9. The van der Waals surface area contributed by atoms with Crippen molar-refractivity contribution in [2.24, 2.45) is 0 Å². The lowest BCUT2D eigenvalue weighted by molar-refractivity contribution is 0.171. The van der Waals surface area contributed by atoms with Crippen LogP contribution in [0, 0.1) is 0 Å². The number of carbonyl (C=O) groups excluding carboxylic acids is 1. The summed E-state index contributed by atoms with van der Waals surface area (Å²) in [6, 6.07) is 10.6. The van der Waals surface area contributed by atoms with Gasteiger partial charge in [-0.3, -0.25) is 0 Å². The highest BCUT2D eigenvalue weighted by Crippen LogP contribution is 2.32. The Balaban J connectivity index is 1.38. The number of anilines is 1. The molecule has 26 heavy (non-hydrogen) atoms. The number of hydrogen-bond donors (Lipinski definition) is 2. The van der Waals surface area contributed by atoms with Gasteiger partial charge in [0.25, 0.3) is 0 Å². The van der Waals surface area contributed by atoms with Crippen molar-refractivity contribution in [3.8, 4) is 23.0 Å². The summed E-state index contributed by atoms with van der Waals surface area (Å²) in [6.45, 7) is 1.47. The molecule has 0 bridgehead atoms. The van der Waals surface area contributed by atoms with E-state index in [1.54, 1.807) is 25.3 Å². The lowest BCUT2D eigenvalue weighted by Gasteiger charge is -2.26. The molecule has 2 aliphatic heterocycles. The highest BCUT2D eigenvalue weighted by molar-refractivity contribution is 5.90. The zero-order valence-corrected chi connectivity index (χ0v) is 14.4. The first-order valence-corrected chi connectivity index (χ1v) is 8.48. The van der Waals surface area contributed by atoms with Crippen LogP contribution >= 0.6 is 0 Å². The molecule has 0 aromatic heterocycles. The smallest absolute Gasteiger partial charge is 0.319 e. The van der Waals surface area contributed by atoms with Gasteiger partial charge < -0.3 is 29.6 Å². The number of ether oxygens (including phenoxy) is 4. The first-order chi connectivity index (χ1) is 12.7. The number of nitrogens with one attached hydrogen (secondary N) is 2. The van der Waals surface area contributed by atoms with Gasteiger partial charge in [0.05, 0.1) is 13.2 Å². The average molecular weight is 356 g/mol. The van der Waals surface area contributed by atoms with Gasteiger partial charge in [-0.15, -0.1) is 0 Å². The Morgan fingerprint density at radius 3 is 2.69 bits per heavy atom. The van der Waals surface area contributed by atoms with Gasteiger partial charge in [0.15, 0.2) is 11.5 Å². The SMILES string of the molecule is COc1ccc2c(c1)C[C@H](NC(=O)Nc1ccc3c(c1)OCCO3)CO2. The fourth-order valence-electron chi connectivity index (χ4n) is 3.06. The molecule has 1 atom stereocenters. The number of rotatable bonds is 3. The van der Waals surface area contributed by atoms with Crippen LogP contribution in [0.3, 0.4) is 0 Å². The van der Waals surface area contributed by atoms with E-state index in [2.05, 4.69) is 10.6 Å². The molecule has 0 saturated heterocycles. The number of methoxy groups -OCH3 is 1. The van der Waals surface area contributed by atoms with E-state index in [-0.39, 0.29) is 12.1 Å². The minimum Gasteiger partial charge on any atom is -0.497 e. The third-order valence-corrected chi connectivity index (χ3v) is 4.31. The molecule has 0 fully saturated rings. The molecule has 2 N–H and O–H groups in total. The van der Waals surface area contributed by atoms with Crippen molar-refractivity contribution in [3.05, 3.63) is 42.0 Å². The predicted octanol–water partition coefficient (Wildman–Crippen LogP) is 2.59. The predicted molar refractivity (Wildman–Crippen MR) is 95.6 cm³/mol. The van der Waals surface area contributed by atoms with Gasteiger partial charge in [0.2, 0.25) is 0 Å². The second-order valence-corrected chi connectivity index (χ2v) is 6.14. The highest BCUT2D eigenvalue weighted by Gasteiger charge is 2.22. The maximum atomic E-state index is 12.3. The number of carbonyl (C=O) groups is 1. The summed E-state index contributed by atoms with van der Waals surface area (Å²) in [5.41, 5.74) is 1.66. The largest absolute Gasteiger partial charge is 0.497 e. The Kier molecular flexibility index (Phi) is 4.43. The number of fused-ring (bicyclic) bond motifs is 2. The molecule has 4 rings (SSSR count). The van der Waals surface area contributed by atoms with E-state index in [1.807, 2.05) is 18.2 Å². The van der Waals surface area contributed by atoms with Crippen LogP contribution in [-0.4, -0.2) is 39.0 Å². The molecule has 2 heterocycles. The van der Waals surface area contributed by atoms with E-state index < -0.39 is 0 Å². The maximum absolute atomic E-state index is 12.3. The Bertz CT molecular complexity index is 824. The van der Waals surface area contributed by atoms with Crippen LogP contribution < -0.4 is 29.6 Å². The van der Waals surface area contributed by atoms with Gasteiger partial charge in [0, 0.05) is 11.8 Å². The second kappa shape index (κ2) is 7.03. The van der Waals surface area contributed by atoms with Crippen LogP contribution in [0.1, 0.15) is 5.56 Å². The van der Waals surface area contributed by atoms with E-state index in [4.69, 9.17) is 18.9 Å². The van der Waals surface area contributed by atoms with Gasteiger partial charge in [-0.25, -0.2) is 4.79 Å². The van der Waals surface area contributed by atoms with Gasteiger partial charge in [-0.2, -0.15) is 0 Å². The van der Waals surface area contributed by atoms with Crippen LogP contribution in [0.4, 0.5) is 10.5 Å². The van der Waals surface area contributed by atoms with Crippen molar-refractivity contribution >= 4 is 11.7 Å². The maximum Gasteiger partial charge on any atom is 0.319 e. The third-order valence-electron chi connectivity index (χ3n) is 4.31. The molecule has 2 amide bonds. The molecule has 0 spiro atoms. The summed E-state index contributed by atoms with van der Waals surface area (Å²) < 4.78 is 22.0. The molecule has 0 aliphatic carbocycles. The van der Waals surface area contributed by atoms with E-state index in [9.17, 15) is 4.79 Å². The van der Waals surface area contributed by atoms with Crippen molar-refractivity contribution in [2.75, 3.05) is 32.2 Å². The third kappa shape index (κ3) is 3.46. The highest BCUT2D eigenvalue weighted by atomic mass is 16.6. The molecule has 2 aliphatic rings. The fourth-order valence-corrected chi connectivity index (χ4v) is 3.06. The molecule has 7 heteroatoms. The standard InChI is InChI=1S/C19H20N2O5/c1-23-15-3-5-16-12(9-15)8-14(11-26-16)21-19(22)20-13-2-4-17-18(10-13)25-7-6-24-17/h2-5,9-10,14H,6-8,11H2,1H3,(H2,20,21,22)/t14-/m0/s1. The summed E-state index contributed by atoms with van der Waals surface area (Å²) in [5, 5.41) is 5.76. The molecule has 0 saturated carbocycles. The number of benzene rings is 2. The van der Waals surface area contributed by atoms with Crippen LogP contribution in [-0.2, 0) is 6.42 Å². The molecule has 2 aromatic carbocycles. The van der Waals surface area contributed by atoms with E-state index >= 15 is 0 Å². The summed E-state index contributed by atoms with van der Waals surface area (Å²) in [7, 11) is 1.63. The molecule has 136 valence electrons. The summed E-state index contributed by atoms with van der Waals surface area (Å²) in [5.74, 6) is 2.93. The van der Waals surface area contributed by atoms with Crippen molar-refractivity contribution in [2.45, 2.75) is 12.5 Å². The van der Waals surface area contributed by atoms with Crippen LogP contribution in [0.2, 0.25) is 0 Å². The van der Waals surface area contributed by atoms with E-state index in [0.717, 1.165) is 17.1 Å². The lowest BCUT2D eigenvalue weighted by atomic mass is 10.0. The molecule has 7 nitrogen and oxygen atoms in total. The average Bonchev–Trinajstić information content (AvgIpc) is 2.67. The van der Waals surface area contributed by atoms with Gasteiger partial charge in [-0.05, 0) is 42.3 Å². The Labute approximate surface area is 151 Å². The molecule has 2 aromatic rings. The summed E-state index contributed by atoms with van der Waals surface area (Å²) in [6.07, 6.45) is 0.682. The number of urea groups is 1. The number of hydrogen-bond acceptors (Lipinski definition) is 5. The Hall–Kier alpha value is -3.09. The minimum absolute atomic E-state index is 0.119. The van der Waals surface area contributed by atoms with Crippen LogP contribution in [0.25, 0.3) is 0 Å². The molecule has 0 radical (unpaired) electrons. The quantitative estimate of drug-likeness (QED) is 0.884. The Morgan fingerprint density at radius 1 is 1.04 bits per heavy atom. The lowest BCUT2D eigenvalue weighted by Crippen LogP contribution is -2.44. The normalized spacial score (nSPS) is 17.5. The summed E-state index contributed by atoms with van der Waals surface area (Å²) in [4.78, 5) is 12.3. The van der Waals surface area contributed by atoms with Crippen molar-refractivity contribution in [1.82, 2.24) is 5.32 Å². The number of amides is 2. The minimum atomic E-state index is -0.290. The van der Waals surface area contributed by atoms with Crippen molar-refractivity contribution < 1.29 is 23.7 Å². The first-order valence-electron chi connectivity index (χ1n) is 8.48. The summed E-state index contributed by atoms with van der Waals surface area (Å²) >= 11 is 0. The van der Waals surface area contributed by atoms with Gasteiger partial charge in [-0.1, -0.05) is 0 Å². The monoisotopic (exact) mass is 356 g/mol. The Morgan fingerprint density at radius 2 is 1.85 bits per heavy atom. The topological polar surface area (TPSA) is 78.1 Å². The second-order valence-electron chi connectivity index (χ2n) is 6.14. The van der Waals surface area contributed by atoms with Crippen LogP contribution in [0.5, 0.6) is 23.0 Å². The van der Waals surface area contributed by atoms with Gasteiger partial charge >= 0.3 is 6.03 Å². The molecule has 0 unspecified atom stereocenters. The first kappa shape index (κ1) is 16.4. The fraction of sp³-hybridized carbons (Fsp3) is 0.316. The zero-order valence-electron chi connectivity index (χ0n) is 14.4. The van der Waals surface area contributed by atoms with Gasteiger partial charge in [0.1, 0.15) is 31.3 Å². The molecular formula is C19H20N2O5. The van der Waals surface area contributed by atoms with E-state index in [0.29, 0.717) is 43.4 Å². The van der Waals surface area contributed by atoms with E-state index in [1.165, 1.54) is 0 Å². The van der Waals surface area contributed by atoms with Crippen molar-refractivity contribution in [1.29, 1.82) is 0 Å².